The van der Waals surface area contributed by atoms with Gasteiger partial charge in [0.05, 0.1) is 5.02 Å². The molecule has 2 aromatic carbocycles. The quantitative estimate of drug-likeness (QED) is 0.901. The minimum atomic E-state index is -0.662. The summed E-state index contributed by atoms with van der Waals surface area (Å²) in [7, 11) is 0. The minimum absolute atomic E-state index is 0.195. The summed E-state index contributed by atoms with van der Waals surface area (Å²) in [6, 6.07) is 11.2. The summed E-state index contributed by atoms with van der Waals surface area (Å²) in [5.41, 5.74) is 0.625. The topological polar surface area (TPSA) is 29.5 Å². The average Bonchev–Trinajstić information content (AvgIpc) is 2.32. The predicted molar refractivity (Wildman–Crippen MR) is 63.8 cm³/mol. The van der Waals surface area contributed by atoms with Crippen LogP contribution in [0, 0.1) is 5.82 Å². The molecule has 2 nitrogen and oxygen atoms in total. The Labute approximate surface area is 103 Å². The standard InChI is InChI=1S/C13H10ClFO2/c14-10-3-1-2-4-13(10)17-8-9-5-6-12(16)11(15)7-9/h1-7,16H,8H2. The number of phenols is 1. The van der Waals surface area contributed by atoms with Gasteiger partial charge in [-0.1, -0.05) is 29.8 Å². The summed E-state index contributed by atoms with van der Waals surface area (Å²) in [6.45, 7) is 0.195. The highest BCUT2D eigenvalue weighted by Crippen LogP contribution is 2.24. The maximum Gasteiger partial charge on any atom is 0.165 e. The molecule has 17 heavy (non-hydrogen) atoms. The van der Waals surface area contributed by atoms with Gasteiger partial charge in [-0.3, -0.25) is 0 Å². The van der Waals surface area contributed by atoms with Crippen molar-refractivity contribution in [2.45, 2.75) is 6.61 Å². The third-order valence-corrected chi connectivity index (χ3v) is 2.56. The molecule has 0 aliphatic rings. The molecule has 0 amide bonds. The molecule has 88 valence electrons. The van der Waals surface area contributed by atoms with Crippen molar-refractivity contribution in [1.82, 2.24) is 0 Å². The van der Waals surface area contributed by atoms with Crippen LogP contribution in [-0.4, -0.2) is 5.11 Å². The van der Waals surface area contributed by atoms with Crippen LogP contribution >= 0.6 is 11.6 Å². The van der Waals surface area contributed by atoms with E-state index in [0.29, 0.717) is 16.3 Å². The van der Waals surface area contributed by atoms with Gasteiger partial charge in [0, 0.05) is 0 Å². The second kappa shape index (κ2) is 5.06. The number of aromatic hydroxyl groups is 1. The molecule has 2 rings (SSSR count). The van der Waals surface area contributed by atoms with E-state index in [9.17, 15) is 4.39 Å². The maximum atomic E-state index is 13.1. The molecule has 0 saturated heterocycles. The SMILES string of the molecule is Oc1ccc(COc2ccccc2Cl)cc1F. The van der Waals surface area contributed by atoms with E-state index in [-0.39, 0.29) is 12.4 Å². The lowest BCUT2D eigenvalue weighted by atomic mass is 10.2. The lowest BCUT2D eigenvalue weighted by molar-refractivity contribution is 0.305. The van der Waals surface area contributed by atoms with Crippen LogP contribution in [0.25, 0.3) is 0 Å². The van der Waals surface area contributed by atoms with Crippen LogP contribution in [0.3, 0.4) is 0 Å². The predicted octanol–water partition coefficient (Wildman–Crippen LogP) is 3.76. The molecular weight excluding hydrogens is 243 g/mol. The molecule has 0 unspecified atom stereocenters. The smallest absolute Gasteiger partial charge is 0.165 e. The number of benzene rings is 2. The Kier molecular flexibility index (Phi) is 3.49. The van der Waals surface area contributed by atoms with E-state index in [4.69, 9.17) is 21.4 Å². The first-order valence-corrected chi connectivity index (χ1v) is 5.39. The average molecular weight is 253 g/mol. The van der Waals surface area contributed by atoms with Gasteiger partial charge in [-0.15, -0.1) is 0 Å². The van der Waals surface area contributed by atoms with Gasteiger partial charge in [-0.05, 0) is 29.8 Å². The number of para-hydroxylation sites is 1. The van der Waals surface area contributed by atoms with Crippen LogP contribution in [0.4, 0.5) is 4.39 Å². The minimum Gasteiger partial charge on any atom is -0.505 e. The molecule has 0 saturated carbocycles. The van der Waals surface area contributed by atoms with Gasteiger partial charge in [0.2, 0.25) is 0 Å². The van der Waals surface area contributed by atoms with Gasteiger partial charge in [0.1, 0.15) is 12.4 Å². The first-order valence-electron chi connectivity index (χ1n) is 5.01. The Bertz CT molecular complexity index is 529. The van der Waals surface area contributed by atoms with Crippen molar-refractivity contribution in [2.75, 3.05) is 0 Å². The molecule has 0 bridgehead atoms. The Morgan fingerprint density at radius 2 is 1.94 bits per heavy atom. The van der Waals surface area contributed by atoms with Gasteiger partial charge in [-0.25, -0.2) is 4.39 Å². The zero-order valence-corrected chi connectivity index (χ0v) is 9.62. The lowest BCUT2D eigenvalue weighted by Gasteiger charge is -2.08. The number of halogens is 2. The Balaban J connectivity index is 2.08. The van der Waals surface area contributed by atoms with Crippen molar-refractivity contribution in [3.63, 3.8) is 0 Å². The first-order chi connectivity index (χ1) is 8.16. The molecule has 0 spiro atoms. The molecule has 4 heteroatoms. The Morgan fingerprint density at radius 1 is 1.18 bits per heavy atom. The van der Waals surface area contributed by atoms with Crippen molar-refractivity contribution in [3.8, 4) is 11.5 Å². The molecule has 0 atom stereocenters. The van der Waals surface area contributed by atoms with Crippen LogP contribution in [0.1, 0.15) is 5.56 Å². The Morgan fingerprint density at radius 3 is 2.65 bits per heavy atom. The number of ether oxygens (including phenoxy) is 1. The summed E-state index contributed by atoms with van der Waals surface area (Å²) in [6.07, 6.45) is 0. The van der Waals surface area contributed by atoms with Crippen molar-refractivity contribution >= 4 is 11.6 Å². The summed E-state index contributed by atoms with van der Waals surface area (Å²) in [5, 5.41) is 9.54. The summed E-state index contributed by atoms with van der Waals surface area (Å²) in [4.78, 5) is 0. The van der Waals surface area contributed by atoms with E-state index < -0.39 is 5.82 Å². The molecule has 0 heterocycles. The van der Waals surface area contributed by atoms with E-state index in [1.807, 2.05) is 0 Å². The highest BCUT2D eigenvalue weighted by atomic mass is 35.5. The second-order valence-electron chi connectivity index (χ2n) is 3.50. The molecule has 0 aromatic heterocycles. The normalized spacial score (nSPS) is 10.2. The highest BCUT2D eigenvalue weighted by molar-refractivity contribution is 6.32. The van der Waals surface area contributed by atoms with Crippen molar-refractivity contribution in [3.05, 3.63) is 58.9 Å². The van der Waals surface area contributed by atoms with Crippen molar-refractivity contribution in [1.29, 1.82) is 0 Å². The molecule has 0 aliphatic heterocycles. The van der Waals surface area contributed by atoms with Crippen LogP contribution in [0.15, 0.2) is 42.5 Å². The fourth-order valence-electron chi connectivity index (χ4n) is 1.36. The number of phenolic OH excluding ortho intramolecular Hbond substituents is 1. The molecule has 0 fully saturated rings. The van der Waals surface area contributed by atoms with Crippen LogP contribution < -0.4 is 4.74 Å². The third kappa shape index (κ3) is 2.88. The van der Waals surface area contributed by atoms with Crippen LogP contribution in [-0.2, 0) is 6.61 Å². The molecular formula is C13H10ClFO2. The van der Waals surface area contributed by atoms with Gasteiger partial charge in [0.15, 0.2) is 11.6 Å². The third-order valence-electron chi connectivity index (χ3n) is 2.24. The fourth-order valence-corrected chi connectivity index (χ4v) is 1.55. The van der Waals surface area contributed by atoms with E-state index in [1.54, 1.807) is 30.3 Å². The number of hydrogen-bond acceptors (Lipinski definition) is 2. The lowest BCUT2D eigenvalue weighted by Crippen LogP contribution is -1.96. The van der Waals surface area contributed by atoms with Crippen LogP contribution in [0.5, 0.6) is 11.5 Å². The van der Waals surface area contributed by atoms with Crippen LogP contribution in [0.2, 0.25) is 5.02 Å². The fraction of sp³-hybridized carbons (Fsp3) is 0.0769. The Hall–Kier alpha value is -1.74. The summed E-state index contributed by atoms with van der Waals surface area (Å²) in [5.74, 6) is -0.487. The van der Waals surface area contributed by atoms with E-state index in [1.165, 1.54) is 12.1 Å². The maximum absolute atomic E-state index is 13.1. The van der Waals surface area contributed by atoms with E-state index >= 15 is 0 Å². The molecule has 0 aliphatic carbocycles. The van der Waals surface area contributed by atoms with Gasteiger partial charge >= 0.3 is 0 Å². The monoisotopic (exact) mass is 252 g/mol. The van der Waals surface area contributed by atoms with Crippen molar-refractivity contribution in [2.24, 2.45) is 0 Å². The number of rotatable bonds is 3. The molecule has 1 N–H and O–H groups in total. The summed E-state index contributed by atoms with van der Waals surface area (Å²) >= 11 is 5.91. The van der Waals surface area contributed by atoms with E-state index in [0.717, 1.165) is 0 Å². The van der Waals surface area contributed by atoms with Gasteiger partial charge < -0.3 is 9.84 Å². The zero-order valence-electron chi connectivity index (χ0n) is 8.86. The first kappa shape index (κ1) is 11.7. The zero-order chi connectivity index (χ0) is 12.3. The number of hydrogen-bond donors (Lipinski definition) is 1. The van der Waals surface area contributed by atoms with Gasteiger partial charge in [-0.2, -0.15) is 0 Å². The summed E-state index contributed by atoms with van der Waals surface area (Å²) < 4.78 is 18.5. The van der Waals surface area contributed by atoms with E-state index in [2.05, 4.69) is 0 Å². The van der Waals surface area contributed by atoms with Crippen molar-refractivity contribution < 1.29 is 14.2 Å². The highest BCUT2D eigenvalue weighted by Gasteiger charge is 2.04. The largest absolute Gasteiger partial charge is 0.505 e. The molecule has 0 radical (unpaired) electrons. The molecule has 2 aromatic rings. The second-order valence-corrected chi connectivity index (χ2v) is 3.91. The van der Waals surface area contributed by atoms with Gasteiger partial charge in [0.25, 0.3) is 0 Å².